The van der Waals surface area contributed by atoms with Gasteiger partial charge in [-0.1, -0.05) is 61.9 Å². The van der Waals surface area contributed by atoms with Crippen LogP contribution in [0.3, 0.4) is 0 Å². The number of hydrogen-bond acceptors (Lipinski definition) is 3. The van der Waals surface area contributed by atoms with E-state index in [1.165, 1.54) is 11.8 Å². The second-order valence-corrected chi connectivity index (χ2v) is 10.2. The molecule has 1 aliphatic heterocycles. The fourth-order valence-corrected chi connectivity index (χ4v) is 5.92. The van der Waals surface area contributed by atoms with Gasteiger partial charge in [0.05, 0.1) is 12.0 Å². The minimum Gasteiger partial charge on any atom is -0.480 e. The van der Waals surface area contributed by atoms with Crippen molar-refractivity contribution in [2.75, 3.05) is 0 Å². The van der Waals surface area contributed by atoms with Crippen molar-refractivity contribution in [3.8, 4) is 0 Å². The number of benzene rings is 2. The second kappa shape index (κ2) is 8.84. The molecule has 160 valence electrons. The Kier molecular flexibility index (Phi) is 6.61. The molecule has 3 atom stereocenters. The number of thioether (sulfide) groups is 1. The minimum absolute atomic E-state index is 0.0606. The van der Waals surface area contributed by atoms with Crippen LogP contribution in [-0.4, -0.2) is 32.7 Å². The van der Waals surface area contributed by atoms with Crippen LogP contribution < -0.4 is 0 Å². The maximum Gasteiger partial charge on any atom is 0.323 e. The van der Waals surface area contributed by atoms with Crippen LogP contribution in [-0.2, 0) is 9.59 Å². The summed E-state index contributed by atoms with van der Waals surface area (Å²) in [5, 5.41) is 10.7. The van der Waals surface area contributed by atoms with E-state index in [4.69, 9.17) is 0 Å². The highest BCUT2D eigenvalue weighted by molar-refractivity contribution is 8.01. The summed E-state index contributed by atoms with van der Waals surface area (Å²) in [4.78, 5) is 29.4. The highest BCUT2D eigenvalue weighted by Gasteiger charge is 2.65. The summed E-state index contributed by atoms with van der Waals surface area (Å²) in [7, 11) is 0. The fourth-order valence-electron chi connectivity index (χ4n) is 4.47. The van der Waals surface area contributed by atoms with Crippen LogP contribution in [0.2, 0.25) is 0 Å². The van der Waals surface area contributed by atoms with Gasteiger partial charge in [-0.25, -0.2) is 0 Å². The van der Waals surface area contributed by atoms with Crippen LogP contribution in [0.15, 0.2) is 59.5 Å². The number of rotatable bonds is 7. The Morgan fingerprint density at radius 1 is 1.07 bits per heavy atom. The van der Waals surface area contributed by atoms with Gasteiger partial charge < -0.3 is 10.0 Å². The largest absolute Gasteiger partial charge is 0.480 e. The zero-order valence-corrected chi connectivity index (χ0v) is 19.1. The monoisotopic (exact) mass is 425 g/mol. The van der Waals surface area contributed by atoms with Gasteiger partial charge in [0.15, 0.2) is 4.75 Å². The molecule has 0 aliphatic carbocycles. The quantitative estimate of drug-likeness (QED) is 0.630. The molecule has 2 aromatic rings. The lowest BCUT2D eigenvalue weighted by atomic mass is 9.81. The molecule has 0 aromatic heterocycles. The van der Waals surface area contributed by atoms with Crippen molar-refractivity contribution in [2.45, 2.75) is 62.8 Å². The zero-order chi connectivity index (χ0) is 22.1. The van der Waals surface area contributed by atoms with Crippen LogP contribution in [0.25, 0.3) is 0 Å². The van der Waals surface area contributed by atoms with Crippen LogP contribution in [0.5, 0.6) is 0 Å². The number of carboxylic acids is 1. The standard InChI is InChI=1S/C25H31NO3S/c1-16(2)15-21-23(27)26(17(3)4)22(19-9-7-6-8-10-19)25(21,24(28)29)30-20-13-11-18(5)12-14-20/h6-14,16-17,21-22H,15H2,1-5H3,(H,28,29)/t21-,22+,25+/m0/s1. The molecule has 1 fully saturated rings. The number of aliphatic carboxylic acids is 1. The Hall–Kier alpha value is -2.27. The van der Waals surface area contributed by atoms with E-state index in [9.17, 15) is 14.7 Å². The molecule has 1 amide bonds. The maximum atomic E-state index is 13.7. The van der Waals surface area contributed by atoms with Gasteiger partial charge in [-0.15, -0.1) is 11.8 Å². The molecule has 0 saturated carbocycles. The highest BCUT2D eigenvalue weighted by Crippen LogP contribution is 2.57. The van der Waals surface area contributed by atoms with Crippen LogP contribution in [0, 0.1) is 18.8 Å². The third-order valence-corrected chi connectivity index (χ3v) is 7.30. The fraction of sp³-hybridized carbons (Fsp3) is 0.440. The number of aryl methyl sites for hydroxylation is 1. The van der Waals surface area contributed by atoms with E-state index in [2.05, 4.69) is 0 Å². The molecule has 4 nitrogen and oxygen atoms in total. The lowest BCUT2D eigenvalue weighted by Crippen LogP contribution is -2.46. The molecule has 1 heterocycles. The summed E-state index contributed by atoms with van der Waals surface area (Å²) in [6, 6.07) is 16.9. The molecule has 0 bridgehead atoms. The first kappa shape index (κ1) is 22.4. The Bertz CT molecular complexity index is 894. The smallest absolute Gasteiger partial charge is 0.323 e. The lowest BCUT2D eigenvalue weighted by molar-refractivity contribution is -0.142. The Labute approximate surface area is 183 Å². The topological polar surface area (TPSA) is 57.6 Å². The van der Waals surface area contributed by atoms with Gasteiger partial charge in [0, 0.05) is 10.9 Å². The maximum absolute atomic E-state index is 13.7. The molecular weight excluding hydrogens is 394 g/mol. The highest BCUT2D eigenvalue weighted by atomic mass is 32.2. The summed E-state index contributed by atoms with van der Waals surface area (Å²) in [6.07, 6.45) is 0.538. The third kappa shape index (κ3) is 4.00. The Morgan fingerprint density at radius 2 is 1.67 bits per heavy atom. The Morgan fingerprint density at radius 3 is 2.17 bits per heavy atom. The first-order chi connectivity index (χ1) is 14.2. The van der Waals surface area contributed by atoms with Crippen LogP contribution in [0.4, 0.5) is 0 Å². The van der Waals surface area contributed by atoms with E-state index in [-0.39, 0.29) is 17.9 Å². The molecule has 0 radical (unpaired) electrons. The average molecular weight is 426 g/mol. The van der Waals surface area contributed by atoms with E-state index in [1.54, 1.807) is 4.90 Å². The van der Waals surface area contributed by atoms with Crippen molar-refractivity contribution in [1.82, 2.24) is 4.90 Å². The zero-order valence-electron chi connectivity index (χ0n) is 18.3. The van der Waals surface area contributed by atoms with Gasteiger partial charge in [-0.05, 0) is 50.8 Å². The summed E-state index contributed by atoms with van der Waals surface area (Å²) in [5.41, 5.74) is 1.99. The minimum atomic E-state index is -1.30. The summed E-state index contributed by atoms with van der Waals surface area (Å²) in [5.74, 6) is -1.38. The third-order valence-electron chi connectivity index (χ3n) is 5.78. The molecule has 1 saturated heterocycles. The molecule has 2 aromatic carbocycles. The van der Waals surface area contributed by atoms with E-state index in [0.29, 0.717) is 6.42 Å². The lowest BCUT2D eigenvalue weighted by Gasteiger charge is -2.38. The van der Waals surface area contributed by atoms with Crippen molar-refractivity contribution < 1.29 is 14.7 Å². The van der Waals surface area contributed by atoms with E-state index >= 15 is 0 Å². The first-order valence-corrected chi connectivity index (χ1v) is 11.4. The molecular formula is C25H31NO3S. The van der Waals surface area contributed by atoms with Crippen LogP contribution >= 0.6 is 11.8 Å². The van der Waals surface area contributed by atoms with Gasteiger partial charge in [0.2, 0.25) is 5.91 Å². The molecule has 1 aliphatic rings. The van der Waals surface area contributed by atoms with Crippen LogP contribution in [0.1, 0.15) is 51.3 Å². The average Bonchev–Trinajstić information content (AvgIpc) is 2.93. The number of carbonyl (C=O) groups excluding carboxylic acids is 1. The molecule has 0 spiro atoms. The molecule has 1 N–H and O–H groups in total. The van der Waals surface area contributed by atoms with Gasteiger partial charge in [0.1, 0.15) is 0 Å². The second-order valence-electron chi connectivity index (χ2n) is 8.85. The van der Waals surface area contributed by atoms with E-state index < -0.39 is 22.7 Å². The summed E-state index contributed by atoms with van der Waals surface area (Å²) in [6.45, 7) is 10.0. The molecule has 30 heavy (non-hydrogen) atoms. The number of carbonyl (C=O) groups is 2. The van der Waals surface area contributed by atoms with Crippen molar-refractivity contribution in [3.05, 3.63) is 65.7 Å². The number of hydrogen-bond donors (Lipinski definition) is 1. The normalized spacial score (nSPS) is 24.1. The Balaban J connectivity index is 2.25. The molecule has 5 heteroatoms. The van der Waals surface area contributed by atoms with Gasteiger partial charge in [-0.2, -0.15) is 0 Å². The SMILES string of the molecule is Cc1ccc(S[C@]2(C(=O)O)[C@@H](CC(C)C)C(=O)N(C(C)C)[C@@H]2c2ccccc2)cc1. The van der Waals surface area contributed by atoms with Gasteiger partial charge >= 0.3 is 5.97 Å². The number of likely N-dealkylation sites (tertiary alicyclic amines) is 1. The summed E-state index contributed by atoms with van der Waals surface area (Å²) < 4.78 is -1.30. The summed E-state index contributed by atoms with van der Waals surface area (Å²) >= 11 is 1.33. The van der Waals surface area contributed by atoms with Crippen molar-refractivity contribution in [3.63, 3.8) is 0 Å². The number of carboxylic acid groups (broad SMARTS) is 1. The van der Waals surface area contributed by atoms with Crippen molar-refractivity contribution in [2.24, 2.45) is 11.8 Å². The predicted octanol–water partition coefficient (Wildman–Crippen LogP) is 5.56. The first-order valence-electron chi connectivity index (χ1n) is 10.5. The predicted molar refractivity (Wildman–Crippen MR) is 122 cm³/mol. The van der Waals surface area contributed by atoms with E-state index in [0.717, 1.165) is 16.0 Å². The number of amides is 1. The van der Waals surface area contributed by atoms with E-state index in [1.807, 2.05) is 89.2 Å². The molecule has 3 rings (SSSR count). The van der Waals surface area contributed by atoms with Crippen molar-refractivity contribution >= 4 is 23.6 Å². The van der Waals surface area contributed by atoms with Crippen molar-refractivity contribution in [1.29, 1.82) is 0 Å². The number of nitrogens with zero attached hydrogens (tertiary/aromatic N) is 1. The molecule has 0 unspecified atom stereocenters. The van der Waals surface area contributed by atoms with Gasteiger partial charge in [0.25, 0.3) is 0 Å². The van der Waals surface area contributed by atoms with Gasteiger partial charge in [-0.3, -0.25) is 9.59 Å².